The highest BCUT2D eigenvalue weighted by Crippen LogP contribution is 2.38. The van der Waals surface area contributed by atoms with Gasteiger partial charge in [-0.05, 0) is 48.5 Å². The van der Waals surface area contributed by atoms with Gasteiger partial charge in [0, 0.05) is 10.8 Å². The molecule has 0 spiro atoms. The van der Waals surface area contributed by atoms with E-state index >= 15 is 0 Å². The SMILES string of the molecule is COc1ccc(S(=O)(=O)N(CC(F)(F)F)c2cnc(N(CC(=O)NO)S(=O)(=O)c3ccc(OC)cc3)c3ccccc23)cc1. The number of amides is 1. The molecule has 234 valence electrons. The molecular weight excluding hydrogens is 629 g/mol. The van der Waals surface area contributed by atoms with Crippen molar-refractivity contribution in [1.82, 2.24) is 10.5 Å². The van der Waals surface area contributed by atoms with Crippen molar-refractivity contribution in [3.05, 3.63) is 79.0 Å². The molecule has 0 fully saturated rings. The fraction of sp³-hybridized carbons (Fsp3) is 0.185. The van der Waals surface area contributed by atoms with Gasteiger partial charge in [0.1, 0.15) is 24.6 Å². The summed E-state index contributed by atoms with van der Waals surface area (Å²) >= 11 is 0. The van der Waals surface area contributed by atoms with Crippen LogP contribution in [0.2, 0.25) is 0 Å². The minimum atomic E-state index is -5.00. The second kappa shape index (κ2) is 12.6. The number of alkyl halides is 3. The van der Waals surface area contributed by atoms with Crippen molar-refractivity contribution in [3.8, 4) is 11.5 Å². The molecule has 0 saturated heterocycles. The number of anilines is 2. The van der Waals surface area contributed by atoms with Crippen molar-refractivity contribution in [2.75, 3.05) is 35.9 Å². The third-order valence-electron chi connectivity index (χ3n) is 6.29. The quantitative estimate of drug-likeness (QED) is 0.182. The Labute approximate surface area is 250 Å². The van der Waals surface area contributed by atoms with E-state index in [1.807, 2.05) is 0 Å². The third-order valence-corrected chi connectivity index (χ3v) is 9.81. The molecular formula is C27H25F3N4O8S2. The summed E-state index contributed by atoms with van der Waals surface area (Å²) in [5.74, 6) is -0.970. The van der Waals surface area contributed by atoms with Crippen molar-refractivity contribution in [3.63, 3.8) is 0 Å². The molecule has 17 heteroatoms. The van der Waals surface area contributed by atoms with Gasteiger partial charge in [-0.3, -0.25) is 14.3 Å². The van der Waals surface area contributed by atoms with Gasteiger partial charge in [0.2, 0.25) is 0 Å². The number of rotatable bonds is 11. The van der Waals surface area contributed by atoms with E-state index in [-0.39, 0.29) is 25.7 Å². The molecule has 0 bridgehead atoms. The maximum atomic E-state index is 13.8. The van der Waals surface area contributed by atoms with Crippen LogP contribution in [-0.4, -0.2) is 66.4 Å². The van der Waals surface area contributed by atoms with Crippen LogP contribution in [0.1, 0.15) is 0 Å². The van der Waals surface area contributed by atoms with Crippen LogP contribution in [0.4, 0.5) is 24.7 Å². The number of hydrogen-bond donors (Lipinski definition) is 2. The Kier molecular flexibility index (Phi) is 9.22. The maximum absolute atomic E-state index is 13.8. The second-order valence-corrected chi connectivity index (χ2v) is 12.8. The number of halogens is 3. The first-order valence-electron chi connectivity index (χ1n) is 12.4. The Morgan fingerprint density at radius 2 is 1.30 bits per heavy atom. The van der Waals surface area contributed by atoms with E-state index in [9.17, 15) is 34.8 Å². The van der Waals surface area contributed by atoms with Gasteiger partial charge in [-0.2, -0.15) is 13.2 Å². The first-order valence-corrected chi connectivity index (χ1v) is 15.3. The van der Waals surface area contributed by atoms with Crippen LogP contribution in [0.3, 0.4) is 0 Å². The number of nitrogens with zero attached hydrogens (tertiary/aromatic N) is 3. The van der Waals surface area contributed by atoms with Crippen LogP contribution in [0.5, 0.6) is 11.5 Å². The van der Waals surface area contributed by atoms with Crippen LogP contribution < -0.4 is 23.6 Å². The Hall–Kier alpha value is -4.61. The molecule has 2 N–H and O–H groups in total. The van der Waals surface area contributed by atoms with E-state index < -0.39 is 61.6 Å². The molecule has 4 aromatic rings. The minimum Gasteiger partial charge on any atom is -0.497 e. The molecule has 3 aromatic carbocycles. The number of carbonyl (C=O) groups excluding carboxylic acids is 1. The van der Waals surface area contributed by atoms with Crippen molar-refractivity contribution < 1.29 is 49.5 Å². The smallest absolute Gasteiger partial charge is 0.407 e. The zero-order chi connectivity index (χ0) is 32.3. The van der Waals surface area contributed by atoms with Crippen LogP contribution in [0.15, 0.2) is 88.8 Å². The number of nitrogens with one attached hydrogen (secondary N) is 1. The highest BCUT2D eigenvalue weighted by Gasteiger charge is 2.39. The number of methoxy groups -OCH3 is 2. The number of pyridine rings is 1. The third kappa shape index (κ3) is 6.63. The number of hydrogen-bond acceptors (Lipinski definition) is 9. The number of carbonyl (C=O) groups is 1. The number of aromatic nitrogens is 1. The second-order valence-electron chi connectivity index (χ2n) is 9.04. The van der Waals surface area contributed by atoms with E-state index in [0.29, 0.717) is 10.1 Å². The number of fused-ring (bicyclic) bond motifs is 1. The summed E-state index contributed by atoms with van der Waals surface area (Å²) in [5, 5.41) is 8.93. The summed E-state index contributed by atoms with van der Waals surface area (Å²) < 4.78 is 107. The fourth-order valence-electron chi connectivity index (χ4n) is 4.21. The Balaban J connectivity index is 1.94. The lowest BCUT2D eigenvalue weighted by atomic mass is 10.1. The topological polar surface area (TPSA) is 155 Å². The van der Waals surface area contributed by atoms with Gasteiger partial charge in [-0.15, -0.1) is 0 Å². The summed E-state index contributed by atoms with van der Waals surface area (Å²) in [6.07, 6.45) is -4.22. The van der Waals surface area contributed by atoms with Crippen LogP contribution >= 0.6 is 0 Å². The van der Waals surface area contributed by atoms with Crippen molar-refractivity contribution in [1.29, 1.82) is 0 Å². The lowest BCUT2D eigenvalue weighted by Gasteiger charge is -2.28. The van der Waals surface area contributed by atoms with Crippen molar-refractivity contribution in [2.45, 2.75) is 16.0 Å². The molecule has 0 saturated carbocycles. The molecule has 0 aliphatic heterocycles. The summed E-state index contributed by atoms with van der Waals surface area (Å²) in [5.41, 5.74) is 0.834. The van der Waals surface area contributed by atoms with E-state index in [4.69, 9.17) is 14.7 Å². The summed E-state index contributed by atoms with van der Waals surface area (Å²) in [4.78, 5) is 15.5. The van der Waals surface area contributed by atoms with Gasteiger partial charge < -0.3 is 9.47 Å². The number of sulfonamides is 2. The molecule has 0 aliphatic carbocycles. The Bertz CT molecular complexity index is 1870. The normalized spacial score (nSPS) is 12.0. The van der Waals surface area contributed by atoms with Gasteiger partial charge in [0.15, 0.2) is 5.82 Å². The molecule has 1 amide bonds. The molecule has 12 nitrogen and oxygen atoms in total. The van der Waals surface area contributed by atoms with E-state index in [1.165, 1.54) is 80.4 Å². The first kappa shape index (κ1) is 32.3. The van der Waals surface area contributed by atoms with Gasteiger partial charge >= 0.3 is 6.18 Å². The van der Waals surface area contributed by atoms with E-state index in [2.05, 4.69) is 4.98 Å². The van der Waals surface area contributed by atoms with E-state index in [1.54, 1.807) is 0 Å². The van der Waals surface area contributed by atoms with Gasteiger partial charge in [-0.1, -0.05) is 24.3 Å². The summed E-state index contributed by atoms with van der Waals surface area (Å²) in [7, 11) is -6.75. The van der Waals surface area contributed by atoms with Gasteiger partial charge in [-0.25, -0.2) is 31.6 Å². The number of benzene rings is 3. The molecule has 1 aromatic heterocycles. The lowest BCUT2D eigenvalue weighted by Crippen LogP contribution is -2.41. The molecule has 0 aliphatic rings. The molecule has 0 unspecified atom stereocenters. The molecule has 1 heterocycles. The highest BCUT2D eigenvalue weighted by atomic mass is 32.2. The molecule has 0 atom stereocenters. The highest BCUT2D eigenvalue weighted by molar-refractivity contribution is 7.93. The zero-order valence-electron chi connectivity index (χ0n) is 23.0. The molecule has 4 rings (SSSR count). The average Bonchev–Trinajstić information content (AvgIpc) is 3.01. The Morgan fingerprint density at radius 1 is 0.818 bits per heavy atom. The number of ether oxygens (including phenoxy) is 2. The largest absolute Gasteiger partial charge is 0.497 e. The van der Waals surface area contributed by atoms with E-state index in [0.717, 1.165) is 18.3 Å². The predicted octanol–water partition coefficient (Wildman–Crippen LogP) is 3.71. The van der Waals surface area contributed by atoms with Gasteiger partial charge in [0.25, 0.3) is 26.0 Å². The van der Waals surface area contributed by atoms with Crippen molar-refractivity contribution in [2.24, 2.45) is 0 Å². The summed E-state index contributed by atoms with van der Waals surface area (Å²) in [6.45, 7) is -2.93. The first-order chi connectivity index (χ1) is 20.7. The van der Waals surface area contributed by atoms with Crippen LogP contribution in [-0.2, 0) is 24.8 Å². The summed E-state index contributed by atoms with van der Waals surface area (Å²) in [6, 6.07) is 15.2. The Morgan fingerprint density at radius 3 is 1.75 bits per heavy atom. The van der Waals surface area contributed by atoms with Gasteiger partial charge in [0.05, 0.1) is 35.9 Å². The standard InChI is InChI=1S/C27H25F3N4O8S2/c1-41-18-7-11-20(12-8-18)43(37,38)33(16-25(35)32-36)26-23-6-4-3-5-22(23)24(15-31-26)34(17-27(28,29)30)44(39,40)21-13-9-19(42-2)10-14-21/h3-15,36H,16-17H2,1-2H3,(H,32,35). The predicted molar refractivity (Wildman–Crippen MR) is 153 cm³/mol. The van der Waals surface area contributed by atoms with Crippen LogP contribution in [0.25, 0.3) is 10.8 Å². The zero-order valence-corrected chi connectivity index (χ0v) is 24.6. The number of hydroxylamine groups is 1. The fourth-order valence-corrected chi connectivity index (χ4v) is 7.06. The molecule has 44 heavy (non-hydrogen) atoms. The molecule has 0 radical (unpaired) electrons. The minimum absolute atomic E-state index is 0.107. The monoisotopic (exact) mass is 654 g/mol. The van der Waals surface area contributed by atoms with Crippen LogP contribution in [0, 0.1) is 0 Å². The average molecular weight is 655 g/mol. The maximum Gasteiger partial charge on any atom is 0.407 e. The van der Waals surface area contributed by atoms with Crippen molar-refractivity contribution >= 4 is 48.2 Å². The lowest BCUT2D eigenvalue weighted by molar-refractivity contribution is -0.127.